The third-order valence-electron chi connectivity index (χ3n) is 4.81. The van der Waals surface area contributed by atoms with Crippen LogP contribution in [-0.2, 0) is 4.79 Å². The molecule has 0 spiro atoms. The van der Waals surface area contributed by atoms with Crippen LogP contribution in [0.25, 0.3) is 10.8 Å². The minimum absolute atomic E-state index is 0.0459. The quantitative estimate of drug-likeness (QED) is 0.694. The smallest absolute Gasteiger partial charge is 0.315 e. The normalized spacial score (nSPS) is 19.7. The van der Waals surface area contributed by atoms with Gasteiger partial charge in [-0.3, -0.25) is 4.79 Å². The highest BCUT2D eigenvalue weighted by molar-refractivity contribution is 5.88. The van der Waals surface area contributed by atoms with E-state index in [0.29, 0.717) is 38.8 Å². The van der Waals surface area contributed by atoms with Crippen LogP contribution < -0.4 is 15.4 Å². The largest absolute Gasteiger partial charge is 0.491 e. The maximum atomic E-state index is 12.0. The highest BCUT2D eigenvalue weighted by Gasteiger charge is 2.26. The van der Waals surface area contributed by atoms with Crippen molar-refractivity contribution in [2.45, 2.75) is 31.7 Å². The van der Waals surface area contributed by atoms with Gasteiger partial charge < -0.3 is 20.5 Å². The number of amides is 2. The molecule has 6 nitrogen and oxygen atoms in total. The first kappa shape index (κ1) is 18.0. The Bertz CT molecular complexity index is 764. The maximum absolute atomic E-state index is 12.0. The van der Waals surface area contributed by atoms with Gasteiger partial charge in [-0.15, -0.1) is 0 Å². The number of carboxylic acids is 1. The first-order valence-electron chi connectivity index (χ1n) is 9.01. The lowest BCUT2D eigenvalue weighted by Crippen LogP contribution is -2.45. The van der Waals surface area contributed by atoms with Crippen molar-refractivity contribution in [2.75, 3.05) is 13.2 Å². The van der Waals surface area contributed by atoms with Gasteiger partial charge in [0.1, 0.15) is 12.4 Å². The highest BCUT2D eigenvalue weighted by atomic mass is 16.5. The van der Waals surface area contributed by atoms with Crippen molar-refractivity contribution in [3.63, 3.8) is 0 Å². The van der Waals surface area contributed by atoms with Gasteiger partial charge in [0.15, 0.2) is 0 Å². The van der Waals surface area contributed by atoms with E-state index in [4.69, 9.17) is 9.84 Å². The summed E-state index contributed by atoms with van der Waals surface area (Å²) in [5.74, 6) is -0.207. The van der Waals surface area contributed by atoms with Crippen molar-refractivity contribution < 1.29 is 19.4 Å². The standard InChI is InChI=1S/C20H24N2O4/c23-19(24)15-8-10-16(11-9-15)22-20(25)21-12-13-26-18-7-3-5-14-4-1-2-6-17(14)18/h1-7,15-16H,8-13H2,(H,23,24)(H2,21,22,25). The summed E-state index contributed by atoms with van der Waals surface area (Å²) in [6, 6.07) is 13.7. The van der Waals surface area contributed by atoms with Crippen LogP contribution in [-0.4, -0.2) is 36.3 Å². The summed E-state index contributed by atoms with van der Waals surface area (Å²) in [5, 5.41) is 16.9. The van der Waals surface area contributed by atoms with Crippen molar-refractivity contribution in [3.05, 3.63) is 42.5 Å². The molecule has 2 amide bonds. The summed E-state index contributed by atoms with van der Waals surface area (Å²) in [5.41, 5.74) is 0. The monoisotopic (exact) mass is 356 g/mol. The molecule has 1 saturated carbocycles. The summed E-state index contributed by atoms with van der Waals surface area (Å²) in [7, 11) is 0. The number of aliphatic carboxylic acids is 1. The van der Waals surface area contributed by atoms with Crippen molar-refractivity contribution in [3.8, 4) is 5.75 Å². The van der Waals surface area contributed by atoms with Gasteiger partial charge in [-0.25, -0.2) is 4.79 Å². The molecule has 1 aliphatic rings. The molecule has 3 N–H and O–H groups in total. The van der Waals surface area contributed by atoms with Crippen molar-refractivity contribution in [1.29, 1.82) is 0 Å². The zero-order valence-corrected chi connectivity index (χ0v) is 14.6. The van der Waals surface area contributed by atoms with Crippen LogP contribution in [0.1, 0.15) is 25.7 Å². The predicted octanol–water partition coefficient (Wildman–Crippen LogP) is 3.16. The van der Waals surface area contributed by atoms with Crippen LogP contribution in [0.4, 0.5) is 4.79 Å². The zero-order chi connectivity index (χ0) is 18.4. The molecule has 0 atom stereocenters. The van der Waals surface area contributed by atoms with Crippen molar-refractivity contribution in [1.82, 2.24) is 10.6 Å². The van der Waals surface area contributed by atoms with Crippen LogP contribution in [0.2, 0.25) is 0 Å². The van der Waals surface area contributed by atoms with E-state index >= 15 is 0 Å². The first-order chi connectivity index (χ1) is 12.6. The molecule has 2 aromatic carbocycles. The summed E-state index contributed by atoms with van der Waals surface area (Å²) in [6.07, 6.45) is 2.64. The number of ether oxygens (including phenoxy) is 1. The number of hydrogen-bond donors (Lipinski definition) is 3. The molecule has 0 unspecified atom stereocenters. The second-order valence-corrected chi connectivity index (χ2v) is 6.61. The van der Waals surface area contributed by atoms with Gasteiger partial charge >= 0.3 is 12.0 Å². The topological polar surface area (TPSA) is 87.7 Å². The molecular weight excluding hydrogens is 332 g/mol. The lowest BCUT2D eigenvalue weighted by Gasteiger charge is -2.26. The Hall–Kier alpha value is -2.76. The number of carbonyl (C=O) groups is 2. The van der Waals surface area contributed by atoms with Gasteiger partial charge in [0, 0.05) is 11.4 Å². The Morgan fingerprint density at radius 1 is 1.04 bits per heavy atom. The highest BCUT2D eigenvalue weighted by Crippen LogP contribution is 2.25. The fraction of sp³-hybridized carbons (Fsp3) is 0.400. The molecule has 3 rings (SSSR count). The Labute approximate surface area is 152 Å². The average molecular weight is 356 g/mol. The number of urea groups is 1. The van der Waals surface area contributed by atoms with Crippen LogP contribution in [0, 0.1) is 5.92 Å². The fourth-order valence-electron chi connectivity index (χ4n) is 3.37. The zero-order valence-electron chi connectivity index (χ0n) is 14.6. The Balaban J connectivity index is 1.38. The Morgan fingerprint density at radius 2 is 1.77 bits per heavy atom. The molecule has 0 aromatic heterocycles. The Morgan fingerprint density at radius 3 is 2.54 bits per heavy atom. The van der Waals surface area contributed by atoms with E-state index in [9.17, 15) is 9.59 Å². The summed E-state index contributed by atoms with van der Waals surface area (Å²) in [6.45, 7) is 0.784. The lowest BCUT2D eigenvalue weighted by molar-refractivity contribution is -0.142. The van der Waals surface area contributed by atoms with E-state index in [-0.39, 0.29) is 18.0 Å². The second-order valence-electron chi connectivity index (χ2n) is 6.61. The lowest BCUT2D eigenvalue weighted by atomic mass is 9.86. The number of rotatable bonds is 6. The summed E-state index contributed by atoms with van der Waals surface area (Å²) >= 11 is 0. The fourth-order valence-corrected chi connectivity index (χ4v) is 3.37. The van der Waals surface area contributed by atoms with E-state index < -0.39 is 5.97 Å². The van der Waals surface area contributed by atoms with Crippen molar-refractivity contribution >= 4 is 22.8 Å². The summed E-state index contributed by atoms with van der Waals surface area (Å²) < 4.78 is 5.79. The van der Waals surface area contributed by atoms with Gasteiger partial charge in [-0.2, -0.15) is 0 Å². The predicted molar refractivity (Wildman–Crippen MR) is 99.4 cm³/mol. The molecular formula is C20H24N2O4. The number of fused-ring (bicyclic) bond motifs is 1. The van der Waals surface area contributed by atoms with Crippen LogP contribution in [0.3, 0.4) is 0 Å². The molecule has 2 aromatic rings. The molecule has 0 bridgehead atoms. The third kappa shape index (κ3) is 4.65. The molecule has 1 fully saturated rings. The minimum atomic E-state index is -0.738. The van der Waals surface area contributed by atoms with E-state index in [1.807, 2.05) is 42.5 Å². The van der Waals surface area contributed by atoms with Gasteiger partial charge in [-0.05, 0) is 37.1 Å². The van der Waals surface area contributed by atoms with Gasteiger partial charge in [0.2, 0.25) is 0 Å². The van der Waals surface area contributed by atoms with E-state index in [0.717, 1.165) is 16.5 Å². The van der Waals surface area contributed by atoms with Crippen LogP contribution >= 0.6 is 0 Å². The molecule has 0 saturated heterocycles. The van der Waals surface area contributed by atoms with Gasteiger partial charge in [0.05, 0.1) is 12.5 Å². The number of nitrogens with one attached hydrogen (secondary N) is 2. The number of carbonyl (C=O) groups excluding carboxylic acids is 1. The molecule has 26 heavy (non-hydrogen) atoms. The maximum Gasteiger partial charge on any atom is 0.315 e. The Kier molecular flexibility index (Phi) is 5.94. The molecule has 6 heteroatoms. The second kappa shape index (κ2) is 8.56. The number of hydrogen-bond acceptors (Lipinski definition) is 3. The minimum Gasteiger partial charge on any atom is -0.491 e. The number of carboxylic acid groups (broad SMARTS) is 1. The SMILES string of the molecule is O=C(NCCOc1cccc2ccccc12)NC1CCC(C(=O)O)CC1. The van der Waals surface area contributed by atoms with E-state index in [2.05, 4.69) is 10.6 Å². The average Bonchev–Trinajstić information content (AvgIpc) is 2.66. The van der Waals surface area contributed by atoms with E-state index in [1.165, 1.54) is 0 Å². The molecule has 138 valence electrons. The molecule has 0 radical (unpaired) electrons. The molecule has 1 aliphatic carbocycles. The number of benzene rings is 2. The molecule has 0 heterocycles. The van der Waals surface area contributed by atoms with Crippen molar-refractivity contribution in [2.24, 2.45) is 5.92 Å². The van der Waals surface area contributed by atoms with Crippen LogP contribution in [0.15, 0.2) is 42.5 Å². The van der Waals surface area contributed by atoms with E-state index in [1.54, 1.807) is 0 Å². The summed E-state index contributed by atoms with van der Waals surface area (Å²) in [4.78, 5) is 22.9. The van der Waals surface area contributed by atoms with Gasteiger partial charge in [-0.1, -0.05) is 36.4 Å². The molecule has 0 aliphatic heterocycles. The third-order valence-corrected chi connectivity index (χ3v) is 4.81. The first-order valence-corrected chi connectivity index (χ1v) is 9.01. The van der Waals surface area contributed by atoms with Gasteiger partial charge in [0.25, 0.3) is 0 Å². The van der Waals surface area contributed by atoms with Crippen LogP contribution in [0.5, 0.6) is 5.75 Å².